The van der Waals surface area contributed by atoms with Gasteiger partial charge in [0.05, 0.1) is 16.7 Å². The van der Waals surface area contributed by atoms with E-state index in [2.05, 4.69) is 53.7 Å². The second kappa shape index (κ2) is 10.5. The summed E-state index contributed by atoms with van der Waals surface area (Å²) in [5, 5.41) is 2.27. The first-order valence-corrected chi connectivity index (χ1v) is 8.97. The van der Waals surface area contributed by atoms with E-state index < -0.39 is 0 Å². The zero-order chi connectivity index (χ0) is 18.5. The lowest BCUT2D eigenvalue weighted by Gasteiger charge is -2.06. The molecule has 0 aliphatic rings. The molecule has 4 heteroatoms. The molecule has 0 aliphatic heterocycles. The van der Waals surface area contributed by atoms with Gasteiger partial charge in [-0.2, -0.15) is 0 Å². The van der Waals surface area contributed by atoms with Gasteiger partial charge >= 0.3 is 0 Å². The molecule has 0 aliphatic carbocycles. The number of nitrogens with zero attached hydrogens (tertiary/aromatic N) is 4. The maximum atomic E-state index is 4.46. The fourth-order valence-electron chi connectivity index (χ4n) is 2.75. The van der Waals surface area contributed by atoms with Crippen molar-refractivity contribution < 1.29 is 0 Å². The predicted octanol–water partition coefficient (Wildman–Crippen LogP) is 6.78. The summed E-state index contributed by atoms with van der Waals surface area (Å²) in [6, 6.07) is 16.2. The van der Waals surface area contributed by atoms with Gasteiger partial charge in [-0.3, -0.25) is 0 Å². The Morgan fingerprint density at radius 2 is 1.32 bits per heavy atom. The lowest BCUT2D eigenvalue weighted by atomic mass is 10.1. The molecule has 0 spiro atoms. The first kappa shape index (κ1) is 23.2. The van der Waals surface area contributed by atoms with Crippen molar-refractivity contribution >= 4 is 21.8 Å². The molecule has 0 atom stereocenters. The van der Waals surface area contributed by atoms with Crippen LogP contribution in [0, 0.1) is 0 Å². The average Bonchev–Trinajstić information content (AvgIpc) is 2.67. The molecule has 4 rings (SSSR count). The monoisotopic (exact) mass is 376 g/mol. The van der Waals surface area contributed by atoms with Crippen molar-refractivity contribution in [1.82, 2.24) is 19.9 Å². The highest BCUT2D eigenvalue weighted by Gasteiger charge is 2.05. The van der Waals surface area contributed by atoms with E-state index in [1.165, 1.54) is 5.39 Å². The summed E-state index contributed by atoms with van der Waals surface area (Å²) in [7, 11) is 0. The summed E-state index contributed by atoms with van der Waals surface area (Å²) in [6.45, 7) is 8.50. The summed E-state index contributed by atoms with van der Waals surface area (Å²) >= 11 is 0. The van der Waals surface area contributed by atoms with Crippen LogP contribution in [0.5, 0.6) is 0 Å². The highest BCUT2D eigenvalue weighted by molar-refractivity contribution is 5.80. The fraction of sp³-hybridized carbons (Fsp3) is 0.333. The summed E-state index contributed by atoms with van der Waals surface area (Å²) in [5.74, 6) is 1.76. The van der Waals surface area contributed by atoms with E-state index in [0.717, 1.165) is 27.9 Å². The Hall–Kier alpha value is -2.88. The highest BCUT2D eigenvalue weighted by atomic mass is 14.9. The molecule has 4 aromatic rings. The van der Waals surface area contributed by atoms with Crippen molar-refractivity contribution in [1.29, 1.82) is 0 Å². The summed E-state index contributed by atoms with van der Waals surface area (Å²) in [4.78, 5) is 17.3. The smallest absolute Gasteiger partial charge is 0.131 e. The number of hydrogen-bond donors (Lipinski definition) is 0. The largest absolute Gasteiger partial charge is 0.240 e. The van der Waals surface area contributed by atoms with Crippen LogP contribution < -0.4 is 0 Å². The molecule has 2 heterocycles. The number of fused-ring (bicyclic) bond motifs is 2. The van der Waals surface area contributed by atoms with E-state index in [0.29, 0.717) is 11.8 Å². The van der Waals surface area contributed by atoms with Crippen LogP contribution in [0.25, 0.3) is 21.8 Å². The van der Waals surface area contributed by atoms with Crippen LogP contribution in [0.4, 0.5) is 0 Å². The molecule has 4 nitrogen and oxygen atoms in total. The van der Waals surface area contributed by atoms with E-state index in [4.69, 9.17) is 0 Å². The molecule has 2 aromatic heterocycles. The second-order valence-electron chi connectivity index (χ2n) is 6.87. The molecule has 0 fully saturated rings. The molecule has 0 radical (unpaired) electrons. The molecule has 0 unspecified atom stereocenters. The van der Waals surface area contributed by atoms with E-state index in [1.807, 2.05) is 48.7 Å². The molecule has 148 valence electrons. The standard InChI is InChI=1S/2C11H12N2.2CH4/c1-8(2)11-9-5-3-4-6-10(9)12-7-13-11;1-8(2)11-12-7-9-5-3-4-6-10(9)13-11;;/h2*3-8H,1-2H3;2*1H4. The van der Waals surface area contributed by atoms with E-state index in [9.17, 15) is 0 Å². The molecule has 0 saturated heterocycles. The van der Waals surface area contributed by atoms with Crippen molar-refractivity contribution in [3.63, 3.8) is 0 Å². The first-order chi connectivity index (χ1) is 12.6. The van der Waals surface area contributed by atoms with Gasteiger partial charge < -0.3 is 0 Å². The number of benzene rings is 2. The molecule has 0 saturated carbocycles. The fourth-order valence-corrected chi connectivity index (χ4v) is 2.75. The quantitative estimate of drug-likeness (QED) is 0.387. The van der Waals surface area contributed by atoms with Crippen LogP contribution in [-0.4, -0.2) is 19.9 Å². The zero-order valence-corrected chi connectivity index (χ0v) is 15.7. The van der Waals surface area contributed by atoms with Crippen LogP contribution in [0.1, 0.15) is 65.9 Å². The molecule has 0 amide bonds. The van der Waals surface area contributed by atoms with E-state index in [1.54, 1.807) is 6.33 Å². The first-order valence-electron chi connectivity index (χ1n) is 8.97. The minimum Gasteiger partial charge on any atom is -0.240 e. The van der Waals surface area contributed by atoms with E-state index in [-0.39, 0.29) is 14.9 Å². The van der Waals surface area contributed by atoms with Gasteiger partial charge in [0.15, 0.2) is 0 Å². The third kappa shape index (κ3) is 5.32. The predicted molar refractivity (Wildman–Crippen MR) is 121 cm³/mol. The van der Waals surface area contributed by atoms with Crippen LogP contribution in [0.15, 0.2) is 61.1 Å². The van der Waals surface area contributed by atoms with Gasteiger partial charge in [0.2, 0.25) is 0 Å². The van der Waals surface area contributed by atoms with Gasteiger partial charge in [0.25, 0.3) is 0 Å². The van der Waals surface area contributed by atoms with Gasteiger partial charge in [-0.1, -0.05) is 78.9 Å². The minimum absolute atomic E-state index is 0. The summed E-state index contributed by atoms with van der Waals surface area (Å²) < 4.78 is 0. The van der Waals surface area contributed by atoms with Gasteiger partial charge in [-0.15, -0.1) is 0 Å². The van der Waals surface area contributed by atoms with Crippen LogP contribution in [0.3, 0.4) is 0 Å². The Kier molecular flexibility index (Phi) is 8.65. The number of aromatic nitrogens is 4. The van der Waals surface area contributed by atoms with Crippen LogP contribution in [-0.2, 0) is 0 Å². The maximum absolute atomic E-state index is 4.46. The maximum Gasteiger partial charge on any atom is 0.131 e. The molecule has 2 aromatic carbocycles. The van der Waals surface area contributed by atoms with Crippen LogP contribution in [0.2, 0.25) is 0 Å². The Labute approximate surface area is 169 Å². The third-order valence-corrected chi connectivity index (χ3v) is 4.14. The summed E-state index contributed by atoms with van der Waals surface area (Å²) in [5.41, 5.74) is 3.19. The Morgan fingerprint density at radius 3 is 2.00 bits per heavy atom. The van der Waals surface area contributed by atoms with Crippen molar-refractivity contribution in [3.8, 4) is 0 Å². The highest BCUT2D eigenvalue weighted by Crippen LogP contribution is 2.20. The van der Waals surface area contributed by atoms with Gasteiger partial charge in [-0.25, -0.2) is 19.9 Å². The Bertz CT molecular complexity index is 998. The summed E-state index contributed by atoms with van der Waals surface area (Å²) in [6.07, 6.45) is 3.52. The average molecular weight is 377 g/mol. The molecule has 28 heavy (non-hydrogen) atoms. The van der Waals surface area contributed by atoms with Crippen molar-refractivity contribution in [2.24, 2.45) is 0 Å². The zero-order valence-electron chi connectivity index (χ0n) is 15.7. The van der Waals surface area contributed by atoms with Gasteiger partial charge in [-0.05, 0) is 18.1 Å². The third-order valence-electron chi connectivity index (χ3n) is 4.14. The molecular formula is C24H32N4. The van der Waals surface area contributed by atoms with Crippen molar-refractivity contribution in [2.45, 2.75) is 54.4 Å². The van der Waals surface area contributed by atoms with Gasteiger partial charge in [0, 0.05) is 22.9 Å². The topological polar surface area (TPSA) is 51.6 Å². The van der Waals surface area contributed by atoms with Crippen LogP contribution >= 0.6 is 0 Å². The second-order valence-corrected chi connectivity index (χ2v) is 6.87. The Balaban J connectivity index is 0.000000261. The number of hydrogen-bond acceptors (Lipinski definition) is 4. The van der Waals surface area contributed by atoms with Crippen molar-refractivity contribution in [3.05, 3.63) is 72.6 Å². The van der Waals surface area contributed by atoms with E-state index >= 15 is 0 Å². The lowest BCUT2D eigenvalue weighted by Crippen LogP contribution is -1.96. The minimum atomic E-state index is 0. The van der Waals surface area contributed by atoms with Gasteiger partial charge in [0.1, 0.15) is 12.2 Å². The normalized spacial score (nSPS) is 10.2. The molecular weight excluding hydrogens is 344 g/mol. The SMILES string of the molecule is C.C.CC(C)c1ncc2ccccc2n1.CC(C)c1ncnc2ccccc12. The van der Waals surface area contributed by atoms with Crippen molar-refractivity contribution in [2.75, 3.05) is 0 Å². The molecule has 0 N–H and O–H groups in total. The lowest BCUT2D eigenvalue weighted by molar-refractivity contribution is 0.783. The number of para-hydroxylation sites is 2. The molecule has 0 bridgehead atoms. The number of rotatable bonds is 2. The Morgan fingerprint density at radius 1 is 0.679 bits per heavy atom.